The van der Waals surface area contributed by atoms with E-state index in [2.05, 4.69) is 6.07 Å². The highest BCUT2D eigenvalue weighted by Crippen LogP contribution is 2.30. The van der Waals surface area contributed by atoms with Gasteiger partial charge in [-0.2, -0.15) is 8.42 Å². The maximum Gasteiger partial charge on any atom is 0.294 e. The van der Waals surface area contributed by atoms with Crippen molar-refractivity contribution in [3.05, 3.63) is 41.5 Å². The lowest BCUT2D eigenvalue weighted by atomic mass is 9.88. The van der Waals surface area contributed by atoms with Gasteiger partial charge < -0.3 is 0 Å². The SMILES string of the molecule is O=S(=O)(O)c1ccc2ccc3c(c2c1)CCCC3. The highest BCUT2D eigenvalue weighted by atomic mass is 32.2. The van der Waals surface area contributed by atoms with E-state index < -0.39 is 10.1 Å². The van der Waals surface area contributed by atoms with Gasteiger partial charge in [-0.25, -0.2) is 0 Å². The molecule has 2 aromatic rings. The lowest BCUT2D eigenvalue weighted by Crippen LogP contribution is -2.04. The van der Waals surface area contributed by atoms with E-state index in [1.807, 2.05) is 6.07 Å². The van der Waals surface area contributed by atoms with Gasteiger partial charge in [0.1, 0.15) is 0 Å². The fourth-order valence-corrected chi connectivity index (χ4v) is 3.22. The Kier molecular flexibility index (Phi) is 2.64. The molecule has 0 amide bonds. The number of benzene rings is 2. The van der Waals surface area contributed by atoms with Gasteiger partial charge in [0.15, 0.2) is 0 Å². The molecule has 0 spiro atoms. The summed E-state index contributed by atoms with van der Waals surface area (Å²) in [7, 11) is -4.12. The van der Waals surface area contributed by atoms with Crippen molar-refractivity contribution < 1.29 is 13.0 Å². The van der Waals surface area contributed by atoms with E-state index in [0.717, 1.165) is 30.0 Å². The lowest BCUT2D eigenvalue weighted by molar-refractivity contribution is 0.483. The van der Waals surface area contributed by atoms with Crippen LogP contribution in [-0.2, 0) is 23.0 Å². The van der Waals surface area contributed by atoms with Crippen molar-refractivity contribution in [2.45, 2.75) is 30.6 Å². The molecule has 4 heteroatoms. The molecule has 94 valence electrons. The van der Waals surface area contributed by atoms with E-state index in [4.69, 9.17) is 4.55 Å². The van der Waals surface area contributed by atoms with E-state index in [9.17, 15) is 8.42 Å². The zero-order valence-electron chi connectivity index (χ0n) is 9.89. The molecule has 0 aromatic heterocycles. The fourth-order valence-electron chi connectivity index (χ4n) is 2.71. The average Bonchev–Trinajstić information content (AvgIpc) is 2.37. The zero-order chi connectivity index (χ0) is 12.8. The molecule has 0 atom stereocenters. The second kappa shape index (κ2) is 4.07. The predicted octanol–water partition coefficient (Wildman–Crippen LogP) is 2.97. The maximum atomic E-state index is 11.2. The van der Waals surface area contributed by atoms with Gasteiger partial charge in [-0.1, -0.05) is 18.2 Å². The van der Waals surface area contributed by atoms with Gasteiger partial charge >= 0.3 is 0 Å². The number of fused-ring (bicyclic) bond motifs is 3. The molecular weight excluding hydrogens is 248 g/mol. The molecule has 2 aromatic carbocycles. The van der Waals surface area contributed by atoms with Gasteiger partial charge in [0.05, 0.1) is 4.90 Å². The Bertz CT molecular complexity index is 717. The molecule has 0 saturated heterocycles. The molecule has 0 unspecified atom stereocenters. The van der Waals surface area contributed by atoms with Crippen molar-refractivity contribution in [2.75, 3.05) is 0 Å². The minimum Gasteiger partial charge on any atom is -0.282 e. The van der Waals surface area contributed by atoms with E-state index in [-0.39, 0.29) is 4.90 Å². The summed E-state index contributed by atoms with van der Waals surface area (Å²) in [5, 5.41) is 1.99. The molecular formula is C14H14O3S. The van der Waals surface area contributed by atoms with Crippen molar-refractivity contribution >= 4 is 20.9 Å². The van der Waals surface area contributed by atoms with E-state index in [1.165, 1.54) is 23.6 Å². The summed E-state index contributed by atoms with van der Waals surface area (Å²) >= 11 is 0. The summed E-state index contributed by atoms with van der Waals surface area (Å²) in [4.78, 5) is -0.0195. The van der Waals surface area contributed by atoms with Crippen LogP contribution < -0.4 is 0 Å². The first-order valence-electron chi connectivity index (χ1n) is 6.08. The largest absolute Gasteiger partial charge is 0.294 e. The van der Waals surface area contributed by atoms with Gasteiger partial charge in [0, 0.05) is 0 Å². The van der Waals surface area contributed by atoms with Crippen LogP contribution >= 0.6 is 0 Å². The molecule has 0 heterocycles. The average molecular weight is 262 g/mol. The Labute approximate surface area is 106 Å². The molecule has 18 heavy (non-hydrogen) atoms. The Hall–Kier alpha value is -1.39. The van der Waals surface area contributed by atoms with E-state index in [0.29, 0.717) is 0 Å². The molecule has 0 aliphatic heterocycles. The third kappa shape index (κ3) is 1.91. The highest BCUT2D eigenvalue weighted by molar-refractivity contribution is 7.85. The number of rotatable bonds is 1. The van der Waals surface area contributed by atoms with Crippen LogP contribution in [0.15, 0.2) is 35.2 Å². The second-order valence-corrected chi connectivity index (χ2v) is 6.19. The van der Waals surface area contributed by atoms with Crippen molar-refractivity contribution in [2.24, 2.45) is 0 Å². The van der Waals surface area contributed by atoms with E-state index >= 15 is 0 Å². The van der Waals surface area contributed by atoms with E-state index in [1.54, 1.807) is 12.1 Å². The molecule has 1 aliphatic carbocycles. The molecule has 0 saturated carbocycles. The van der Waals surface area contributed by atoms with Crippen LogP contribution in [0.25, 0.3) is 10.8 Å². The minimum absolute atomic E-state index is 0.0195. The van der Waals surface area contributed by atoms with Crippen LogP contribution in [0.1, 0.15) is 24.0 Å². The Morgan fingerprint density at radius 3 is 2.50 bits per heavy atom. The predicted molar refractivity (Wildman–Crippen MR) is 70.4 cm³/mol. The molecule has 1 aliphatic rings. The summed E-state index contributed by atoms with van der Waals surface area (Å²) < 4.78 is 31.5. The number of aryl methyl sites for hydroxylation is 2. The van der Waals surface area contributed by atoms with Crippen molar-refractivity contribution in [1.29, 1.82) is 0 Å². The topological polar surface area (TPSA) is 54.4 Å². The van der Waals surface area contributed by atoms with Crippen LogP contribution in [-0.4, -0.2) is 13.0 Å². The van der Waals surface area contributed by atoms with Gasteiger partial charge in [-0.05, 0) is 59.7 Å². The lowest BCUT2D eigenvalue weighted by Gasteiger charge is -2.18. The molecule has 0 fully saturated rings. The van der Waals surface area contributed by atoms with Crippen LogP contribution in [0.4, 0.5) is 0 Å². The first-order valence-corrected chi connectivity index (χ1v) is 7.52. The number of hydrogen-bond acceptors (Lipinski definition) is 2. The quantitative estimate of drug-likeness (QED) is 0.804. The number of hydrogen-bond donors (Lipinski definition) is 1. The Balaban J connectivity index is 2.31. The van der Waals surface area contributed by atoms with Crippen LogP contribution in [0.2, 0.25) is 0 Å². The molecule has 1 N–H and O–H groups in total. The standard InChI is InChI=1S/C14H14O3S/c15-18(16,17)12-8-7-11-6-5-10-3-1-2-4-13(10)14(11)9-12/h5-9H,1-4H2,(H,15,16,17). The van der Waals surface area contributed by atoms with Crippen molar-refractivity contribution in [3.8, 4) is 0 Å². The molecule has 3 rings (SSSR count). The van der Waals surface area contributed by atoms with Gasteiger partial charge in [0.2, 0.25) is 0 Å². The third-order valence-electron chi connectivity index (χ3n) is 3.62. The minimum atomic E-state index is -4.12. The summed E-state index contributed by atoms with van der Waals surface area (Å²) in [6, 6.07) is 8.95. The summed E-state index contributed by atoms with van der Waals surface area (Å²) in [6.07, 6.45) is 4.38. The summed E-state index contributed by atoms with van der Waals surface area (Å²) in [5.41, 5.74) is 2.55. The Morgan fingerprint density at radius 2 is 1.72 bits per heavy atom. The molecule has 0 radical (unpaired) electrons. The fraction of sp³-hybridized carbons (Fsp3) is 0.286. The van der Waals surface area contributed by atoms with Crippen molar-refractivity contribution in [1.82, 2.24) is 0 Å². The van der Waals surface area contributed by atoms with Crippen LogP contribution in [0.3, 0.4) is 0 Å². The first kappa shape index (κ1) is 11.7. The highest BCUT2D eigenvalue weighted by Gasteiger charge is 2.15. The Morgan fingerprint density at radius 1 is 1.00 bits per heavy atom. The zero-order valence-corrected chi connectivity index (χ0v) is 10.7. The van der Waals surface area contributed by atoms with Gasteiger partial charge in [-0.3, -0.25) is 4.55 Å². The normalized spacial score (nSPS) is 15.6. The first-order chi connectivity index (χ1) is 8.55. The summed E-state index contributed by atoms with van der Waals surface area (Å²) in [5.74, 6) is 0. The van der Waals surface area contributed by atoms with Gasteiger partial charge in [0.25, 0.3) is 10.1 Å². The summed E-state index contributed by atoms with van der Waals surface area (Å²) in [6.45, 7) is 0. The second-order valence-electron chi connectivity index (χ2n) is 4.77. The maximum absolute atomic E-state index is 11.2. The smallest absolute Gasteiger partial charge is 0.282 e. The van der Waals surface area contributed by atoms with Crippen molar-refractivity contribution in [3.63, 3.8) is 0 Å². The van der Waals surface area contributed by atoms with Crippen LogP contribution in [0.5, 0.6) is 0 Å². The molecule has 0 bridgehead atoms. The van der Waals surface area contributed by atoms with Crippen LogP contribution in [0, 0.1) is 0 Å². The monoisotopic (exact) mass is 262 g/mol. The molecule has 3 nitrogen and oxygen atoms in total. The third-order valence-corrected chi connectivity index (χ3v) is 4.47. The van der Waals surface area contributed by atoms with Gasteiger partial charge in [-0.15, -0.1) is 0 Å².